The molecule has 0 rings (SSSR count). The van der Waals surface area contributed by atoms with Crippen molar-refractivity contribution in [3.63, 3.8) is 0 Å². The molecule has 0 radical (unpaired) electrons. The van der Waals surface area contributed by atoms with E-state index in [0.717, 1.165) is 23.7 Å². The molecule has 0 aromatic rings. The Morgan fingerprint density at radius 1 is 0.556 bits per heavy atom. The number of hydrogen-bond acceptors (Lipinski definition) is 0. The highest BCUT2D eigenvalue weighted by Crippen LogP contribution is 2.16. The van der Waals surface area contributed by atoms with Crippen LogP contribution in [0.15, 0.2) is 0 Å². The van der Waals surface area contributed by atoms with Crippen molar-refractivity contribution in [3.8, 4) is 0 Å². The van der Waals surface area contributed by atoms with Gasteiger partial charge in [0, 0.05) is 0 Å². The van der Waals surface area contributed by atoms with E-state index in [-0.39, 0.29) is 0 Å². The van der Waals surface area contributed by atoms with Crippen molar-refractivity contribution >= 4 is 0 Å². The van der Waals surface area contributed by atoms with Gasteiger partial charge in [0.25, 0.3) is 0 Å². The van der Waals surface area contributed by atoms with Crippen molar-refractivity contribution in [3.05, 3.63) is 0 Å². The van der Waals surface area contributed by atoms with E-state index in [0.29, 0.717) is 0 Å². The molecule has 0 heterocycles. The van der Waals surface area contributed by atoms with Gasteiger partial charge in [-0.05, 0) is 36.5 Å². The number of rotatable bonds is 8. The van der Waals surface area contributed by atoms with Gasteiger partial charge in [-0.25, -0.2) is 0 Å². The Bertz CT molecular complexity index is 128. The molecular weight excluding hydrogens is 216 g/mol. The SMILES string of the molecule is CCCC(C)CC(C)C.CCCC(C)CC(C)C. The fourth-order valence-electron chi connectivity index (χ4n) is 2.83. The molecule has 2 unspecified atom stereocenters. The summed E-state index contributed by atoms with van der Waals surface area (Å²) in [4.78, 5) is 0. The predicted molar refractivity (Wildman–Crippen MR) is 87.1 cm³/mol. The second-order valence-electron chi connectivity index (χ2n) is 7.05. The quantitative estimate of drug-likeness (QED) is 0.441. The molecule has 2 atom stereocenters. The fourth-order valence-corrected chi connectivity index (χ4v) is 2.83. The molecule has 112 valence electrons. The zero-order valence-electron chi connectivity index (χ0n) is 14.6. The Labute approximate surface area is 118 Å². The normalized spacial score (nSPS) is 14.3. The molecular formula is C18H40. The lowest BCUT2D eigenvalue weighted by atomic mass is 9.95. The van der Waals surface area contributed by atoms with Crippen molar-refractivity contribution in [1.29, 1.82) is 0 Å². The Hall–Kier alpha value is 0. The summed E-state index contributed by atoms with van der Waals surface area (Å²) in [6.07, 6.45) is 8.28. The van der Waals surface area contributed by atoms with Crippen LogP contribution < -0.4 is 0 Å². The van der Waals surface area contributed by atoms with Crippen LogP contribution in [0.5, 0.6) is 0 Å². The van der Waals surface area contributed by atoms with E-state index < -0.39 is 0 Å². The largest absolute Gasteiger partial charge is 0.0654 e. The first kappa shape index (κ1) is 20.3. The van der Waals surface area contributed by atoms with Crippen LogP contribution in [-0.2, 0) is 0 Å². The molecule has 0 bridgehead atoms. The van der Waals surface area contributed by atoms with Crippen molar-refractivity contribution in [2.45, 2.75) is 93.9 Å². The predicted octanol–water partition coefficient (Wildman–Crippen LogP) is 6.94. The van der Waals surface area contributed by atoms with Crippen molar-refractivity contribution in [1.82, 2.24) is 0 Å². The highest BCUT2D eigenvalue weighted by atomic mass is 14.1. The van der Waals surface area contributed by atoms with Crippen LogP contribution in [0.3, 0.4) is 0 Å². The lowest BCUT2D eigenvalue weighted by molar-refractivity contribution is 0.412. The number of hydrogen-bond donors (Lipinski definition) is 0. The second kappa shape index (κ2) is 13.4. The molecule has 0 aliphatic rings. The molecule has 0 nitrogen and oxygen atoms in total. The first-order chi connectivity index (χ1) is 8.33. The van der Waals surface area contributed by atoms with Gasteiger partial charge in [0.05, 0.1) is 0 Å². The maximum absolute atomic E-state index is 2.35. The third-order valence-electron chi connectivity index (χ3n) is 3.31. The van der Waals surface area contributed by atoms with Crippen molar-refractivity contribution in [2.24, 2.45) is 23.7 Å². The van der Waals surface area contributed by atoms with Gasteiger partial charge in [-0.15, -0.1) is 0 Å². The van der Waals surface area contributed by atoms with Gasteiger partial charge in [0.1, 0.15) is 0 Å². The first-order valence-corrected chi connectivity index (χ1v) is 8.33. The summed E-state index contributed by atoms with van der Waals surface area (Å²) in [5.41, 5.74) is 0. The maximum atomic E-state index is 2.35. The summed E-state index contributed by atoms with van der Waals surface area (Å²) in [6, 6.07) is 0. The Morgan fingerprint density at radius 3 is 1.00 bits per heavy atom. The van der Waals surface area contributed by atoms with E-state index in [2.05, 4.69) is 55.4 Å². The van der Waals surface area contributed by atoms with Crippen LogP contribution in [0, 0.1) is 23.7 Å². The molecule has 0 aliphatic heterocycles. The molecule has 0 spiro atoms. The molecule has 0 amide bonds. The average Bonchev–Trinajstić information content (AvgIpc) is 2.16. The fraction of sp³-hybridized carbons (Fsp3) is 1.00. The third-order valence-corrected chi connectivity index (χ3v) is 3.31. The van der Waals surface area contributed by atoms with Gasteiger partial charge in [0.15, 0.2) is 0 Å². The highest BCUT2D eigenvalue weighted by Gasteiger charge is 2.02. The van der Waals surface area contributed by atoms with Gasteiger partial charge < -0.3 is 0 Å². The van der Waals surface area contributed by atoms with Gasteiger partial charge >= 0.3 is 0 Å². The van der Waals surface area contributed by atoms with Gasteiger partial charge in [-0.2, -0.15) is 0 Å². The molecule has 0 heteroatoms. The molecule has 0 saturated heterocycles. The highest BCUT2D eigenvalue weighted by molar-refractivity contribution is 4.55. The lowest BCUT2D eigenvalue weighted by Crippen LogP contribution is -1.98. The Morgan fingerprint density at radius 2 is 0.833 bits per heavy atom. The second-order valence-corrected chi connectivity index (χ2v) is 7.05. The van der Waals surface area contributed by atoms with E-state index in [1.807, 2.05) is 0 Å². The Kier molecular flexibility index (Phi) is 15.2. The smallest absolute Gasteiger partial charge is 0.0440 e. The summed E-state index contributed by atoms with van der Waals surface area (Å²) < 4.78 is 0. The monoisotopic (exact) mass is 256 g/mol. The zero-order valence-corrected chi connectivity index (χ0v) is 14.6. The summed E-state index contributed by atoms with van der Waals surface area (Å²) >= 11 is 0. The van der Waals surface area contributed by atoms with Crippen LogP contribution >= 0.6 is 0 Å². The van der Waals surface area contributed by atoms with E-state index in [1.165, 1.54) is 38.5 Å². The zero-order chi connectivity index (χ0) is 14.6. The van der Waals surface area contributed by atoms with Crippen LogP contribution in [0.1, 0.15) is 93.9 Å². The minimum Gasteiger partial charge on any atom is -0.0654 e. The molecule has 0 saturated carbocycles. The van der Waals surface area contributed by atoms with Gasteiger partial charge in [0.2, 0.25) is 0 Å². The van der Waals surface area contributed by atoms with Gasteiger partial charge in [-0.1, -0.05) is 81.1 Å². The third kappa shape index (κ3) is 18.4. The van der Waals surface area contributed by atoms with Gasteiger partial charge in [-0.3, -0.25) is 0 Å². The molecule has 0 N–H and O–H groups in total. The molecule has 0 aliphatic carbocycles. The lowest BCUT2D eigenvalue weighted by Gasteiger charge is -2.11. The van der Waals surface area contributed by atoms with Crippen LogP contribution in [0.2, 0.25) is 0 Å². The van der Waals surface area contributed by atoms with E-state index in [1.54, 1.807) is 0 Å². The summed E-state index contributed by atoms with van der Waals surface area (Å²) in [5, 5.41) is 0. The summed E-state index contributed by atoms with van der Waals surface area (Å²) in [5.74, 6) is 3.64. The van der Waals surface area contributed by atoms with E-state index in [4.69, 9.17) is 0 Å². The molecule has 0 fully saturated rings. The minimum atomic E-state index is 0.881. The minimum absolute atomic E-state index is 0.881. The maximum Gasteiger partial charge on any atom is -0.0440 e. The average molecular weight is 257 g/mol. The van der Waals surface area contributed by atoms with Crippen LogP contribution in [0.4, 0.5) is 0 Å². The molecule has 18 heavy (non-hydrogen) atoms. The van der Waals surface area contributed by atoms with Crippen molar-refractivity contribution < 1.29 is 0 Å². The van der Waals surface area contributed by atoms with Crippen molar-refractivity contribution in [2.75, 3.05) is 0 Å². The standard InChI is InChI=1S/2C9H20/c2*1-5-6-9(4)7-8(2)3/h2*8-9H,5-7H2,1-4H3. The molecule has 0 aromatic heterocycles. The topological polar surface area (TPSA) is 0 Å². The summed E-state index contributed by atoms with van der Waals surface area (Å²) in [7, 11) is 0. The van der Waals surface area contributed by atoms with E-state index >= 15 is 0 Å². The van der Waals surface area contributed by atoms with Crippen LogP contribution in [-0.4, -0.2) is 0 Å². The van der Waals surface area contributed by atoms with Crippen LogP contribution in [0.25, 0.3) is 0 Å². The first-order valence-electron chi connectivity index (χ1n) is 8.33. The Balaban J connectivity index is 0. The molecule has 0 aromatic carbocycles. The van der Waals surface area contributed by atoms with E-state index in [9.17, 15) is 0 Å². The summed E-state index contributed by atoms with van der Waals surface area (Å²) in [6.45, 7) is 18.4.